The van der Waals surface area contributed by atoms with Crippen LogP contribution in [0.25, 0.3) is 0 Å². The van der Waals surface area contributed by atoms with Crippen LogP contribution in [0.1, 0.15) is 31.2 Å². The SMILES string of the molecule is CNc1nc(C(C)C)nc(Oc2ccc(F)cc2F)c1C. The van der Waals surface area contributed by atoms with Gasteiger partial charge in [-0.2, -0.15) is 4.98 Å². The molecule has 0 aliphatic heterocycles. The zero-order valence-electron chi connectivity index (χ0n) is 12.4. The molecular weight excluding hydrogens is 276 g/mol. The van der Waals surface area contributed by atoms with E-state index in [1.807, 2.05) is 13.8 Å². The molecule has 0 saturated carbocycles. The number of halogens is 2. The average Bonchev–Trinajstić information content (AvgIpc) is 2.43. The summed E-state index contributed by atoms with van der Waals surface area (Å²) in [4.78, 5) is 8.68. The number of ether oxygens (including phenoxy) is 1. The summed E-state index contributed by atoms with van der Waals surface area (Å²) in [7, 11) is 1.74. The first-order valence-corrected chi connectivity index (χ1v) is 6.61. The molecule has 1 heterocycles. The number of aromatic nitrogens is 2. The predicted molar refractivity (Wildman–Crippen MR) is 76.8 cm³/mol. The maximum Gasteiger partial charge on any atom is 0.227 e. The first-order chi connectivity index (χ1) is 9.92. The number of benzene rings is 1. The van der Waals surface area contributed by atoms with Gasteiger partial charge >= 0.3 is 0 Å². The molecule has 1 aromatic heterocycles. The number of hydrogen-bond donors (Lipinski definition) is 1. The Balaban J connectivity index is 2.45. The van der Waals surface area contributed by atoms with Crippen molar-refractivity contribution in [2.24, 2.45) is 0 Å². The van der Waals surface area contributed by atoms with E-state index in [9.17, 15) is 8.78 Å². The summed E-state index contributed by atoms with van der Waals surface area (Å²) in [5, 5.41) is 2.96. The van der Waals surface area contributed by atoms with Gasteiger partial charge < -0.3 is 10.1 Å². The molecule has 1 N–H and O–H groups in total. The monoisotopic (exact) mass is 293 g/mol. The van der Waals surface area contributed by atoms with Crippen molar-refractivity contribution in [1.29, 1.82) is 0 Å². The van der Waals surface area contributed by atoms with Crippen LogP contribution in [0, 0.1) is 18.6 Å². The van der Waals surface area contributed by atoms with E-state index in [4.69, 9.17) is 4.74 Å². The van der Waals surface area contributed by atoms with Crippen LogP contribution in [0.2, 0.25) is 0 Å². The molecule has 2 rings (SSSR count). The number of nitrogens with zero attached hydrogens (tertiary/aromatic N) is 2. The highest BCUT2D eigenvalue weighted by Crippen LogP contribution is 2.30. The molecule has 0 radical (unpaired) electrons. The molecular formula is C15H17F2N3O. The lowest BCUT2D eigenvalue weighted by Crippen LogP contribution is -2.07. The fourth-order valence-corrected chi connectivity index (χ4v) is 1.78. The molecule has 0 unspecified atom stereocenters. The molecule has 0 bridgehead atoms. The Kier molecular flexibility index (Phi) is 4.35. The summed E-state index contributed by atoms with van der Waals surface area (Å²) >= 11 is 0. The highest BCUT2D eigenvalue weighted by molar-refractivity contribution is 5.49. The van der Waals surface area contributed by atoms with Gasteiger partial charge in [0.2, 0.25) is 5.88 Å². The van der Waals surface area contributed by atoms with Crippen molar-refractivity contribution in [2.75, 3.05) is 12.4 Å². The molecule has 0 atom stereocenters. The lowest BCUT2D eigenvalue weighted by atomic mass is 10.2. The van der Waals surface area contributed by atoms with Gasteiger partial charge in [0.15, 0.2) is 11.6 Å². The molecule has 6 heteroatoms. The second-order valence-electron chi connectivity index (χ2n) is 4.94. The normalized spacial score (nSPS) is 10.8. The summed E-state index contributed by atoms with van der Waals surface area (Å²) in [6.07, 6.45) is 0. The topological polar surface area (TPSA) is 47.0 Å². The summed E-state index contributed by atoms with van der Waals surface area (Å²) < 4.78 is 32.1. The minimum Gasteiger partial charge on any atom is -0.435 e. The predicted octanol–water partition coefficient (Wildman–Crippen LogP) is 4.02. The fourth-order valence-electron chi connectivity index (χ4n) is 1.78. The number of nitrogens with one attached hydrogen (secondary N) is 1. The van der Waals surface area contributed by atoms with Crippen molar-refractivity contribution in [1.82, 2.24) is 9.97 Å². The Morgan fingerprint density at radius 2 is 1.90 bits per heavy atom. The maximum absolute atomic E-state index is 13.7. The first kappa shape index (κ1) is 15.2. The van der Waals surface area contributed by atoms with Crippen LogP contribution in [0.4, 0.5) is 14.6 Å². The Hall–Kier alpha value is -2.24. The summed E-state index contributed by atoms with van der Waals surface area (Å²) in [5.41, 5.74) is 0.658. The van der Waals surface area contributed by atoms with Crippen molar-refractivity contribution in [3.8, 4) is 11.6 Å². The molecule has 21 heavy (non-hydrogen) atoms. The van der Waals surface area contributed by atoms with E-state index in [1.165, 1.54) is 6.07 Å². The minimum atomic E-state index is -0.773. The zero-order chi connectivity index (χ0) is 15.6. The molecule has 0 fully saturated rings. The first-order valence-electron chi connectivity index (χ1n) is 6.61. The molecule has 0 spiro atoms. The van der Waals surface area contributed by atoms with E-state index in [-0.39, 0.29) is 17.5 Å². The van der Waals surface area contributed by atoms with E-state index >= 15 is 0 Å². The second kappa shape index (κ2) is 6.03. The zero-order valence-corrected chi connectivity index (χ0v) is 12.4. The smallest absolute Gasteiger partial charge is 0.227 e. The molecule has 112 valence electrons. The molecule has 0 saturated heterocycles. The maximum atomic E-state index is 13.7. The van der Waals surface area contributed by atoms with Crippen LogP contribution in [0.3, 0.4) is 0 Å². The minimum absolute atomic E-state index is 0.0741. The Morgan fingerprint density at radius 1 is 1.19 bits per heavy atom. The second-order valence-corrected chi connectivity index (χ2v) is 4.94. The Morgan fingerprint density at radius 3 is 2.48 bits per heavy atom. The van der Waals surface area contributed by atoms with E-state index in [2.05, 4.69) is 15.3 Å². The van der Waals surface area contributed by atoms with Crippen LogP contribution in [0.5, 0.6) is 11.6 Å². The van der Waals surface area contributed by atoms with Crippen LogP contribution in [-0.4, -0.2) is 17.0 Å². The summed E-state index contributed by atoms with van der Waals surface area (Å²) in [6, 6.07) is 3.14. The Labute approximate surface area is 122 Å². The van der Waals surface area contributed by atoms with E-state index in [0.29, 0.717) is 17.2 Å². The van der Waals surface area contributed by atoms with Crippen LogP contribution in [0.15, 0.2) is 18.2 Å². The molecule has 0 amide bonds. The van der Waals surface area contributed by atoms with Crippen LogP contribution >= 0.6 is 0 Å². The molecule has 0 aliphatic carbocycles. The van der Waals surface area contributed by atoms with E-state index < -0.39 is 11.6 Å². The largest absolute Gasteiger partial charge is 0.435 e. The van der Waals surface area contributed by atoms with Gasteiger partial charge in [0, 0.05) is 19.0 Å². The van der Waals surface area contributed by atoms with E-state index in [0.717, 1.165) is 12.1 Å². The number of anilines is 1. The van der Waals surface area contributed by atoms with Crippen molar-refractivity contribution < 1.29 is 13.5 Å². The molecule has 1 aromatic carbocycles. The molecule has 4 nitrogen and oxygen atoms in total. The third-order valence-corrected chi connectivity index (χ3v) is 2.97. The number of hydrogen-bond acceptors (Lipinski definition) is 4. The highest BCUT2D eigenvalue weighted by atomic mass is 19.1. The van der Waals surface area contributed by atoms with Crippen molar-refractivity contribution in [3.63, 3.8) is 0 Å². The average molecular weight is 293 g/mol. The number of rotatable bonds is 4. The molecule has 2 aromatic rings. The van der Waals surface area contributed by atoms with Gasteiger partial charge in [0.25, 0.3) is 0 Å². The Bertz CT molecular complexity index is 660. The standard InChI is InChI=1S/C15H17F2N3O/c1-8(2)13-19-14(18-4)9(3)15(20-13)21-12-6-5-10(16)7-11(12)17/h5-8H,1-4H3,(H,18,19,20). The van der Waals surface area contributed by atoms with Gasteiger partial charge in [-0.15, -0.1) is 0 Å². The lowest BCUT2D eigenvalue weighted by Gasteiger charge is -2.14. The third-order valence-electron chi connectivity index (χ3n) is 2.97. The summed E-state index contributed by atoms with van der Waals surface area (Å²) in [5.74, 6) is 0.0495. The van der Waals surface area contributed by atoms with Crippen molar-refractivity contribution in [3.05, 3.63) is 41.2 Å². The molecule has 0 aliphatic rings. The van der Waals surface area contributed by atoms with Crippen molar-refractivity contribution in [2.45, 2.75) is 26.7 Å². The van der Waals surface area contributed by atoms with Crippen LogP contribution < -0.4 is 10.1 Å². The van der Waals surface area contributed by atoms with Gasteiger partial charge in [0.05, 0.1) is 5.56 Å². The lowest BCUT2D eigenvalue weighted by molar-refractivity contribution is 0.417. The van der Waals surface area contributed by atoms with Gasteiger partial charge in [-0.3, -0.25) is 0 Å². The van der Waals surface area contributed by atoms with Gasteiger partial charge in [-0.25, -0.2) is 13.8 Å². The van der Waals surface area contributed by atoms with Gasteiger partial charge in [-0.05, 0) is 19.1 Å². The van der Waals surface area contributed by atoms with E-state index in [1.54, 1.807) is 14.0 Å². The fraction of sp³-hybridized carbons (Fsp3) is 0.333. The van der Waals surface area contributed by atoms with Crippen LogP contribution in [-0.2, 0) is 0 Å². The summed E-state index contributed by atoms with van der Waals surface area (Å²) in [6.45, 7) is 5.67. The van der Waals surface area contributed by atoms with Gasteiger partial charge in [-0.1, -0.05) is 13.8 Å². The third kappa shape index (κ3) is 3.26. The highest BCUT2D eigenvalue weighted by Gasteiger charge is 2.15. The van der Waals surface area contributed by atoms with Crippen molar-refractivity contribution >= 4 is 5.82 Å². The van der Waals surface area contributed by atoms with Gasteiger partial charge in [0.1, 0.15) is 17.5 Å². The quantitative estimate of drug-likeness (QED) is 0.925.